The Bertz CT molecular complexity index is 1260. The van der Waals surface area contributed by atoms with Gasteiger partial charge in [0, 0.05) is 49.5 Å². The van der Waals surface area contributed by atoms with Crippen LogP contribution in [0.3, 0.4) is 0 Å². The summed E-state index contributed by atoms with van der Waals surface area (Å²) in [5.74, 6) is 1.66. The Morgan fingerprint density at radius 3 is 2.28 bits per heavy atom. The van der Waals surface area contributed by atoms with Gasteiger partial charge < -0.3 is 9.80 Å². The predicted octanol–water partition coefficient (Wildman–Crippen LogP) is 3.94. The highest BCUT2D eigenvalue weighted by atomic mass is 19.1. The van der Waals surface area contributed by atoms with Gasteiger partial charge in [-0.2, -0.15) is 9.50 Å². The van der Waals surface area contributed by atoms with Crippen LogP contribution in [-0.2, 0) is 6.42 Å². The fraction of sp³-hybridized carbons (Fsp3) is 0.292. The van der Waals surface area contributed by atoms with Crippen molar-refractivity contribution in [2.45, 2.75) is 20.3 Å². The summed E-state index contributed by atoms with van der Waals surface area (Å²) in [7, 11) is 0. The molecule has 0 saturated carbocycles. The molecule has 1 aliphatic rings. The van der Waals surface area contributed by atoms with Crippen molar-refractivity contribution in [2.24, 2.45) is 0 Å². The fourth-order valence-electron chi connectivity index (χ4n) is 4.22. The van der Waals surface area contributed by atoms with Crippen LogP contribution in [0.15, 0.2) is 48.5 Å². The SMILES string of the molecule is Cc1nc2nc(Cc3cccc(F)c3)nn2c(N2CCN(c3ccc(F)cc3)CC2)c1C. The maximum atomic E-state index is 13.6. The summed E-state index contributed by atoms with van der Waals surface area (Å²) in [6.45, 7) is 7.27. The first-order valence-corrected chi connectivity index (χ1v) is 10.7. The van der Waals surface area contributed by atoms with Gasteiger partial charge in [0.05, 0.1) is 0 Å². The van der Waals surface area contributed by atoms with E-state index < -0.39 is 0 Å². The van der Waals surface area contributed by atoms with Crippen molar-refractivity contribution in [1.82, 2.24) is 19.6 Å². The maximum Gasteiger partial charge on any atom is 0.254 e. The van der Waals surface area contributed by atoms with E-state index in [-0.39, 0.29) is 11.6 Å². The molecule has 0 spiro atoms. The van der Waals surface area contributed by atoms with Crippen molar-refractivity contribution < 1.29 is 8.78 Å². The number of benzene rings is 2. The minimum Gasteiger partial charge on any atom is -0.368 e. The summed E-state index contributed by atoms with van der Waals surface area (Å²) in [6.07, 6.45) is 0.441. The Balaban J connectivity index is 1.42. The number of halogens is 2. The van der Waals surface area contributed by atoms with Crippen molar-refractivity contribution in [2.75, 3.05) is 36.0 Å². The molecule has 1 fully saturated rings. The van der Waals surface area contributed by atoms with Crippen LogP contribution >= 0.6 is 0 Å². The third-order valence-electron chi connectivity index (χ3n) is 6.00. The number of hydrogen-bond acceptors (Lipinski definition) is 5. The van der Waals surface area contributed by atoms with Gasteiger partial charge >= 0.3 is 0 Å². The predicted molar refractivity (Wildman–Crippen MR) is 120 cm³/mol. The third-order valence-corrected chi connectivity index (χ3v) is 6.00. The van der Waals surface area contributed by atoms with Crippen LogP contribution < -0.4 is 9.80 Å². The van der Waals surface area contributed by atoms with Gasteiger partial charge in [-0.1, -0.05) is 12.1 Å². The quantitative estimate of drug-likeness (QED) is 0.487. The zero-order valence-electron chi connectivity index (χ0n) is 18.1. The Hall–Kier alpha value is -3.55. The van der Waals surface area contributed by atoms with Gasteiger partial charge in [0.1, 0.15) is 17.5 Å². The van der Waals surface area contributed by atoms with Gasteiger partial charge in [-0.05, 0) is 55.8 Å². The van der Waals surface area contributed by atoms with E-state index in [1.54, 1.807) is 6.07 Å². The minimum absolute atomic E-state index is 0.224. The van der Waals surface area contributed by atoms with Gasteiger partial charge in [0.2, 0.25) is 0 Å². The van der Waals surface area contributed by atoms with Crippen LogP contribution in [0, 0.1) is 25.5 Å². The Kier molecular flexibility index (Phi) is 5.20. The van der Waals surface area contributed by atoms with Crippen molar-refractivity contribution in [3.05, 3.63) is 82.8 Å². The Labute approximate surface area is 185 Å². The number of aromatic nitrogens is 4. The van der Waals surface area contributed by atoms with Crippen LogP contribution in [-0.4, -0.2) is 45.8 Å². The largest absolute Gasteiger partial charge is 0.368 e. The van der Waals surface area contributed by atoms with Gasteiger partial charge in [0.15, 0.2) is 5.82 Å². The second-order valence-corrected chi connectivity index (χ2v) is 8.14. The summed E-state index contributed by atoms with van der Waals surface area (Å²) in [5, 5.41) is 4.73. The number of hydrogen-bond donors (Lipinski definition) is 0. The molecule has 164 valence electrons. The van der Waals surface area contributed by atoms with E-state index in [0.717, 1.165) is 54.5 Å². The highest BCUT2D eigenvalue weighted by molar-refractivity contribution is 5.56. The monoisotopic (exact) mass is 434 g/mol. The number of fused-ring (bicyclic) bond motifs is 1. The number of piperazine rings is 1. The molecule has 0 unspecified atom stereocenters. The van der Waals surface area contributed by atoms with E-state index in [9.17, 15) is 8.78 Å². The van der Waals surface area contributed by atoms with Gasteiger partial charge in [-0.25, -0.2) is 13.8 Å². The molecule has 3 heterocycles. The van der Waals surface area contributed by atoms with Crippen LogP contribution in [0.1, 0.15) is 22.6 Å². The topological polar surface area (TPSA) is 49.6 Å². The Morgan fingerprint density at radius 1 is 0.844 bits per heavy atom. The maximum absolute atomic E-state index is 13.6. The first-order chi connectivity index (χ1) is 15.5. The lowest BCUT2D eigenvalue weighted by atomic mass is 10.1. The molecule has 5 rings (SSSR count). The van der Waals surface area contributed by atoms with Gasteiger partial charge in [-0.15, -0.1) is 5.10 Å². The number of nitrogens with zero attached hydrogens (tertiary/aromatic N) is 6. The minimum atomic E-state index is -0.268. The third kappa shape index (κ3) is 3.88. The van der Waals surface area contributed by atoms with Gasteiger partial charge in [-0.3, -0.25) is 0 Å². The summed E-state index contributed by atoms with van der Waals surface area (Å²) < 4.78 is 28.6. The van der Waals surface area contributed by atoms with Crippen molar-refractivity contribution in [1.29, 1.82) is 0 Å². The lowest BCUT2D eigenvalue weighted by molar-refractivity contribution is 0.621. The number of anilines is 2. The highest BCUT2D eigenvalue weighted by Gasteiger charge is 2.23. The molecule has 1 aliphatic heterocycles. The zero-order chi connectivity index (χ0) is 22.2. The summed E-state index contributed by atoms with van der Waals surface area (Å²) in [4.78, 5) is 13.8. The molecule has 0 radical (unpaired) electrons. The van der Waals surface area contributed by atoms with Crippen LogP contribution in [0.25, 0.3) is 5.78 Å². The molecular formula is C24H24F2N6. The average Bonchev–Trinajstić information content (AvgIpc) is 3.17. The average molecular weight is 434 g/mol. The lowest BCUT2D eigenvalue weighted by Crippen LogP contribution is -2.47. The van der Waals surface area contributed by atoms with E-state index >= 15 is 0 Å². The molecule has 0 bridgehead atoms. The zero-order valence-corrected chi connectivity index (χ0v) is 18.1. The first kappa shape index (κ1) is 20.4. The smallest absolute Gasteiger partial charge is 0.254 e. The fourth-order valence-corrected chi connectivity index (χ4v) is 4.22. The lowest BCUT2D eigenvalue weighted by Gasteiger charge is -2.37. The molecular weight excluding hydrogens is 410 g/mol. The van der Waals surface area contributed by atoms with Crippen molar-refractivity contribution in [3.63, 3.8) is 0 Å². The van der Waals surface area contributed by atoms with E-state index in [1.165, 1.54) is 24.3 Å². The van der Waals surface area contributed by atoms with E-state index in [2.05, 4.69) is 26.7 Å². The highest BCUT2D eigenvalue weighted by Crippen LogP contribution is 2.26. The van der Waals surface area contributed by atoms with E-state index in [1.807, 2.05) is 29.6 Å². The second kappa shape index (κ2) is 8.18. The molecule has 0 aliphatic carbocycles. The Morgan fingerprint density at radius 2 is 1.56 bits per heavy atom. The first-order valence-electron chi connectivity index (χ1n) is 10.7. The molecule has 8 heteroatoms. The molecule has 0 atom stereocenters. The van der Waals surface area contributed by atoms with Crippen LogP contribution in [0.2, 0.25) is 0 Å². The molecule has 2 aromatic heterocycles. The molecule has 0 N–H and O–H groups in total. The molecule has 0 amide bonds. The van der Waals surface area contributed by atoms with Crippen LogP contribution in [0.5, 0.6) is 0 Å². The standard InChI is InChI=1S/C24H24F2N6/c1-16-17(2)27-24-28-22(15-18-4-3-5-20(26)14-18)29-32(24)23(16)31-12-10-30(11-13-31)21-8-6-19(25)7-9-21/h3-9,14H,10-13,15H2,1-2H3. The van der Waals surface area contributed by atoms with Crippen LogP contribution in [0.4, 0.5) is 20.3 Å². The van der Waals surface area contributed by atoms with Crippen molar-refractivity contribution >= 4 is 17.3 Å². The summed E-state index contributed by atoms with van der Waals surface area (Å²) in [5.41, 5.74) is 3.83. The van der Waals surface area contributed by atoms with Crippen molar-refractivity contribution in [3.8, 4) is 0 Å². The molecule has 1 saturated heterocycles. The number of rotatable bonds is 4. The summed E-state index contributed by atoms with van der Waals surface area (Å²) >= 11 is 0. The molecule has 2 aromatic carbocycles. The summed E-state index contributed by atoms with van der Waals surface area (Å²) in [6, 6.07) is 13.1. The van der Waals surface area contributed by atoms with Gasteiger partial charge in [0.25, 0.3) is 5.78 Å². The normalized spacial score (nSPS) is 14.4. The number of aryl methyl sites for hydroxylation is 1. The molecule has 6 nitrogen and oxygen atoms in total. The second-order valence-electron chi connectivity index (χ2n) is 8.14. The van der Waals surface area contributed by atoms with E-state index in [0.29, 0.717) is 18.0 Å². The van der Waals surface area contributed by atoms with E-state index in [4.69, 9.17) is 5.10 Å². The molecule has 32 heavy (non-hydrogen) atoms. The molecule has 4 aromatic rings.